The van der Waals surface area contributed by atoms with Gasteiger partial charge in [-0.3, -0.25) is 9.59 Å². The summed E-state index contributed by atoms with van der Waals surface area (Å²) in [6, 6.07) is 0. The molecule has 9 atom stereocenters. The Kier molecular flexibility index (Phi) is 5.46. The van der Waals surface area contributed by atoms with Gasteiger partial charge >= 0.3 is 11.9 Å². The summed E-state index contributed by atoms with van der Waals surface area (Å²) >= 11 is 0. The van der Waals surface area contributed by atoms with Crippen LogP contribution in [0.15, 0.2) is 11.1 Å². The van der Waals surface area contributed by atoms with Gasteiger partial charge in [0.05, 0.1) is 23.0 Å². The summed E-state index contributed by atoms with van der Waals surface area (Å²) in [5, 5.41) is 42.3. The van der Waals surface area contributed by atoms with Crippen LogP contribution in [0, 0.1) is 44.8 Å². The highest BCUT2D eigenvalue weighted by molar-refractivity contribution is 5.77. The Bertz CT molecular complexity index is 984. The average Bonchev–Trinajstić information content (AvgIpc) is 2.76. The highest BCUT2D eigenvalue weighted by Gasteiger charge is 2.68. The molecule has 0 saturated heterocycles. The average molecular weight is 489 g/mol. The van der Waals surface area contributed by atoms with Crippen LogP contribution in [-0.2, 0) is 9.59 Å². The maximum atomic E-state index is 12.7. The van der Waals surface area contributed by atoms with E-state index in [1.54, 1.807) is 6.92 Å². The van der Waals surface area contributed by atoms with Crippen LogP contribution < -0.4 is 0 Å². The van der Waals surface area contributed by atoms with E-state index in [0.29, 0.717) is 19.3 Å². The van der Waals surface area contributed by atoms with Crippen molar-refractivity contribution in [2.45, 2.75) is 111 Å². The second-order valence-corrected chi connectivity index (χ2v) is 14.3. The number of hydrogen-bond donors (Lipinski definition) is 4. The molecule has 0 amide bonds. The SMILES string of the molecule is CC1(C)CC[C@@]2(C(=O)O)CCC3=C(CC[C@H]4[C@]5(C)C[C@@H](O)[C@@H](O)[C@](C)(C(=O)O)[C@H]5CC[C@]34C)[C@H]2C1. The molecule has 5 aliphatic carbocycles. The van der Waals surface area contributed by atoms with Crippen LogP contribution in [0.4, 0.5) is 0 Å². The lowest BCUT2D eigenvalue weighted by Crippen LogP contribution is -2.66. The fraction of sp³-hybridized carbons (Fsp3) is 0.862. The summed E-state index contributed by atoms with van der Waals surface area (Å²) in [6.07, 6.45) is 5.54. The van der Waals surface area contributed by atoms with Gasteiger partial charge in [0.15, 0.2) is 0 Å². The number of carbonyl (C=O) groups is 2. The van der Waals surface area contributed by atoms with Crippen LogP contribution in [-0.4, -0.2) is 44.6 Å². The lowest BCUT2D eigenvalue weighted by atomic mass is 9.38. The van der Waals surface area contributed by atoms with Crippen LogP contribution in [0.2, 0.25) is 0 Å². The molecule has 5 rings (SSSR count). The monoisotopic (exact) mass is 488 g/mol. The van der Waals surface area contributed by atoms with Gasteiger partial charge in [-0.05, 0) is 105 Å². The maximum Gasteiger partial charge on any atom is 0.312 e. The predicted molar refractivity (Wildman–Crippen MR) is 131 cm³/mol. The molecule has 0 radical (unpaired) electrons. The summed E-state index contributed by atoms with van der Waals surface area (Å²) < 4.78 is 0. The minimum Gasteiger partial charge on any atom is -0.481 e. The Hall–Kier alpha value is -1.40. The van der Waals surface area contributed by atoms with Gasteiger partial charge in [0.25, 0.3) is 0 Å². The van der Waals surface area contributed by atoms with E-state index in [-0.39, 0.29) is 28.6 Å². The highest BCUT2D eigenvalue weighted by Crippen LogP contribution is 2.71. The van der Waals surface area contributed by atoms with E-state index in [9.17, 15) is 30.0 Å². The molecule has 0 aliphatic heterocycles. The first-order valence-electron chi connectivity index (χ1n) is 13.7. The zero-order chi connectivity index (χ0) is 25.8. The second-order valence-electron chi connectivity index (χ2n) is 14.3. The molecular weight excluding hydrogens is 444 g/mol. The Morgan fingerprint density at radius 3 is 2.11 bits per heavy atom. The zero-order valence-corrected chi connectivity index (χ0v) is 22.1. The van der Waals surface area contributed by atoms with Crippen molar-refractivity contribution in [2.75, 3.05) is 0 Å². The standard InChI is InChI=1S/C29H44O6/c1-25(2)12-13-29(24(34)35)11-8-17-16(18(29)14-25)6-7-20-26(17,3)10-9-21-27(20,4)15-19(30)22(31)28(21,5)23(32)33/h18-22,30-31H,6-15H2,1-5H3,(H,32,33)(H,34,35)/t18-,19-,20-,21+,22-,26-,27+,28-,29+/m1/s1. The van der Waals surface area contributed by atoms with Crippen molar-refractivity contribution in [1.82, 2.24) is 0 Å². The first kappa shape index (κ1) is 25.3. The minimum atomic E-state index is -1.37. The lowest BCUT2D eigenvalue weighted by Gasteiger charge is -2.67. The molecule has 5 aliphatic rings. The van der Waals surface area contributed by atoms with E-state index in [2.05, 4.69) is 27.7 Å². The molecule has 0 heterocycles. The third-order valence-corrected chi connectivity index (χ3v) is 12.2. The van der Waals surface area contributed by atoms with Gasteiger partial charge in [0, 0.05) is 0 Å². The molecule has 3 saturated carbocycles. The third kappa shape index (κ3) is 3.14. The number of allylic oxidation sites excluding steroid dienone is 2. The number of rotatable bonds is 2. The molecule has 3 fully saturated rings. The Balaban J connectivity index is 1.59. The lowest BCUT2D eigenvalue weighted by molar-refractivity contribution is -0.224. The fourth-order valence-electron chi connectivity index (χ4n) is 10.3. The summed E-state index contributed by atoms with van der Waals surface area (Å²) in [5.41, 5.74) is 0.437. The van der Waals surface area contributed by atoms with Gasteiger partial charge in [-0.2, -0.15) is 0 Å². The van der Waals surface area contributed by atoms with Crippen molar-refractivity contribution in [2.24, 2.45) is 44.8 Å². The Morgan fingerprint density at radius 2 is 1.49 bits per heavy atom. The summed E-state index contributed by atoms with van der Waals surface area (Å²) in [5.74, 6) is -1.57. The van der Waals surface area contributed by atoms with Gasteiger partial charge in [0.2, 0.25) is 0 Å². The van der Waals surface area contributed by atoms with Gasteiger partial charge < -0.3 is 20.4 Å². The molecule has 6 heteroatoms. The third-order valence-electron chi connectivity index (χ3n) is 12.2. The predicted octanol–water partition coefficient (Wildman–Crippen LogP) is 5.02. The van der Waals surface area contributed by atoms with E-state index in [1.165, 1.54) is 11.1 Å². The molecule has 4 N–H and O–H groups in total. The first-order chi connectivity index (χ1) is 16.1. The van der Waals surface area contributed by atoms with Crippen molar-refractivity contribution < 1.29 is 30.0 Å². The topological polar surface area (TPSA) is 115 Å². The summed E-state index contributed by atoms with van der Waals surface area (Å²) in [4.78, 5) is 25.1. The van der Waals surface area contributed by atoms with E-state index in [1.807, 2.05) is 0 Å². The van der Waals surface area contributed by atoms with Gasteiger partial charge in [-0.25, -0.2) is 0 Å². The molecule has 0 aromatic carbocycles. The molecular formula is C29H44O6. The van der Waals surface area contributed by atoms with Crippen LogP contribution in [0.3, 0.4) is 0 Å². The fourth-order valence-corrected chi connectivity index (χ4v) is 10.3. The second kappa shape index (κ2) is 7.56. The van der Waals surface area contributed by atoms with E-state index >= 15 is 0 Å². The number of hydrogen-bond acceptors (Lipinski definition) is 4. The van der Waals surface area contributed by atoms with Crippen LogP contribution in [0.25, 0.3) is 0 Å². The van der Waals surface area contributed by atoms with Crippen molar-refractivity contribution in [1.29, 1.82) is 0 Å². The van der Waals surface area contributed by atoms with Crippen molar-refractivity contribution in [3.05, 3.63) is 11.1 Å². The Morgan fingerprint density at radius 1 is 0.800 bits per heavy atom. The Labute approximate surface area is 209 Å². The van der Waals surface area contributed by atoms with Crippen LogP contribution in [0.5, 0.6) is 0 Å². The van der Waals surface area contributed by atoms with Crippen LogP contribution in [0.1, 0.15) is 98.8 Å². The van der Waals surface area contributed by atoms with Gasteiger partial charge in [-0.15, -0.1) is 0 Å². The normalized spacial score (nSPS) is 50.9. The van der Waals surface area contributed by atoms with Gasteiger partial charge in [-0.1, -0.05) is 38.8 Å². The number of fused-ring (bicyclic) bond motifs is 6. The number of aliphatic carboxylic acids is 2. The molecule has 0 spiro atoms. The minimum absolute atomic E-state index is 0.0823. The molecule has 196 valence electrons. The smallest absolute Gasteiger partial charge is 0.312 e. The number of carboxylic acids is 2. The molecule has 0 unspecified atom stereocenters. The van der Waals surface area contributed by atoms with E-state index < -0.39 is 40.4 Å². The number of aliphatic hydroxyl groups excluding tert-OH is 2. The zero-order valence-electron chi connectivity index (χ0n) is 22.1. The summed E-state index contributed by atoms with van der Waals surface area (Å²) in [7, 11) is 0. The molecule has 0 aromatic rings. The number of aliphatic hydroxyl groups is 2. The largest absolute Gasteiger partial charge is 0.481 e. The van der Waals surface area contributed by atoms with Crippen LogP contribution >= 0.6 is 0 Å². The van der Waals surface area contributed by atoms with Gasteiger partial charge in [0.1, 0.15) is 0 Å². The molecule has 0 bridgehead atoms. The van der Waals surface area contributed by atoms with Crippen molar-refractivity contribution in [3.8, 4) is 0 Å². The van der Waals surface area contributed by atoms with E-state index in [0.717, 1.165) is 44.9 Å². The number of carboxylic acid groups (broad SMARTS) is 2. The molecule has 0 aromatic heterocycles. The first-order valence-corrected chi connectivity index (χ1v) is 13.7. The van der Waals surface area contributed by atoms with Crippen molar-refractivity contribution >= 4 is 11.9 Å². The quantitative estimate of drug-likeness (QED) is 0.406. The molecule has 35 heavy (non-hydrogen) atoms. The van der Waals surface area contributed by atoms with Crippen molar-refractivity contribution in [3.63, 3.8) is 0 Å². The maximum absolute atomic E-state index is 12.7. The summed E-state index contributed by atoms with van der Waals surface area (Å²) in [6.45, 7) is 10.7. The van der Waals surface area contributed by atoms with E-state index in [4.69, 9.17) is 0 Å². The highest BCUT2D eigenvalue weighted by atomic mass is 16.4. The molecule has 6 nitrogen and oxygen atoms in total.